The molecule has 2 aromatic rings. The third-order valence-corrected chi connectivity index (χ3v) is 5.85. The third-order valence-electron chi connectivity index (χ3n) is 4.99. The number of aryl methyl sites for hydroxylation is 2. The van der Waals surface area contributed by atoms with Crippen LogP contribution < -0.4 is 0 Å². The molecule has 2 aliphatic rings. The first kappa shape index (κ1) is 15.8. The SMILES string of the molecule is CCn1nc(C)cc1C(=O)N1CC[C@@H]2C[C@@H](c3nccs3)O[C@H]2C1. The molecule has 24 heavy (non-hydrogen) atoms. The summed E-state index contributed by atoms with van der Waals surface area (Å²) in [5.74, 6) is 0.595. The molecule has 0 spiro atoms. The van der Waals surface area contributed by atoms with E-state index < -0.39 is 0 Å². The normalized spacial score (nSPS) is 26.6. The van der Waals surface area contributed by atoms with Gasteiger partial charge in [-0.3, -0.25) is 9.48 Å². The molecular weight excluding hydrogens is 324 g/mol. The van der Waals surface area contributed by atoms with Gasteiger partial charge in [0, 0.05) is 31.2 Å². The minimum Gasteiger partial charge on any atom is -0.366 e. The maximum atomic E-state index is 12.9. The van der Waals surface area contributed by atoms with Crippen molar-refractivity contribution in [1.82, 2.24) is 19.7 Å². The highest BCUT2D eigenvalue weighted by Crippen LogP contribution is 2.41. The summed E-state index contributed by atoms with van der Waals surface area (Å²) in [5, 5.41) is 7.44. The smallest absolute Gasteiger partial charge is 0.272 e. The van der Waals surface area contributed by atoms with Crippen molar-refractivity contribution in [2.45, 2.75) is 45.4 Å². The molecule has 4 rings (SSSR count). The van der Waals surface area contributed by atoms with Crippen molar-refractivity contribution in [2.75, 3.05) is 13.1 Å². The summed E-state index contributed by atoms with van der Waals surface area (Å²) in [6.45, 7) is 6.10. The van der Waals surface area contributed by atoms with Crippen LogP contribution >= 0.6 is 11.3 Å². The Hall–Kier alpha value is -1.73. The largest absolute Gasteiger partial charge is 0.366 e. The van der Waals surface area contributed by atoms with E-state index in [9.17, 15) is 4.79 Å². The Kier molecular flexibility index (Phi) is 4.14. The second kappa shape index (κ2) is 6.29. The summed E-state index contributed by atoms with van der Waals surface area (Å²) in [4.78, 5) is 19.2. The molecule has 128 valence electrons. The predicted molar refractivity (Wildman–Crippen MR) is 91.0 cm³/mol. The molecule has 0 unspecified atom stereocenters. The summed E-state index contributed by atoms with van der Waals surface area (Å²) in [6, 6.07) is 1.88. The van der Waals surface area contributed by atoms with E-state index >= 15 is 0 Å². The number of carbonyl (C=O) groups excluding carboxylic acids is 1. The number of rotatable bonds is 3. The highest BCUT2D eigenvalue weighted by atomic mass is 32.1. The number of nitrogens with zero attached hydrogens (tertiary/aromatic N) is 4. The molecule has 1 amide bonds. The van der Waals surface area contributed by atoms with Crippen LogP contribution in [0.1, 0.15) is 47.1 Å². The van der Waals surface area contributed by atoms with Crippen molar-refractivity contribution in [2.24, 2.45) is 5.92 Å². The molecule has 2 saturated heterocycles. The van der Waals surface area contributed by atoms with Gasteiger partial charge in [0.2, 0.25) is 0 Å². The molecule has 0 aromatic carbocycles. The standard InChI is InChI=1S/C17H22N4O2S/c1-3-21-13(8-11(2)19-21)17(22)20-6-4-12-9-14(23-15(12)10-20)16-18-5-7-24-16/h5,7-8,12,14-15H,3-4,6,9-10H2,1-2H3/t12-,14+,15+/m1/s1. The maximum absolute atomic E-state index is 12.9. The van der Waals surface area contributed by atoms with Crippen LogP contribution in [-0.4, -0.2) is 44.8 Å². The molecule has 3 atom stereocenters. The molecule has 2 fully saturated rings. The molecule has 4 heterocycles. The number of likely N-dealkylation sites (tertiary alicyclic amines) is 1. The van der Waals surface area contributed by atoms with Crippen LogP contribution in [0.2, 0.25) is 0 Å². The number of hydrogen-bond acceptors (Lipinski definition) is 5. The molecule has 0 saturated carbocycles. The number of fused-ring (bicyclic) bond motifs is 1. The van der Waals surface area contributed by atoms with Crippen molar-refractivity contribution in [3.63, 3.8) is 0 Å². The van der Waals surface area contributed by atoms with Crippen LogP contribution in [0.5, 0.6) is 0 Å². The van der Waals surface area contributed by atoms with Gasteiger partial charge in [-0.05, 0) is 38.7 Å². The lowest BCUT2D eigenvalue weighted by Gasteiger charge is -2.34. The van der Waals surface area contributed by atoms with Gasteiger partial charge in [-0.25, -0.2) is 4.98 Å². The predicted octanol–water partition coefficient (Wildman–Crippen LogP) is 2.66. The van der Waals surface area contributed by atoms with E-state index in [1.165, 1.54) is 0 Å². The second-order valence-corrected chi connectivity index (χ2v) is 7.48. The van der Waals surface area contributed by atoms with Crippen LogP contribution in [0.25, 0.3) is 0 Å². The summed E-state index contributed by atoms with van der Waals surface area (Å²) in [7, 11) is 0. The first-order valence-electron chi connectivity index (χ1n) is 8.54. The number of ether oxygens (including phenoxy) is 1. The van der Waals surface area contributed by atoms with E-state index in [1.54, 1.807) is 16.0 Å². The van der Waals surface area contributed by atoms with E-state index in [-0.39, 0.29) is 18.1 Å². The van der Waals surface area contributed by atoms with Gasteiger partial charge >= 0.3 is 0 Å². The molecule has 6 nitrogen and oxygen atoms in total. The number of amides is 1. The van der Waals surface area contributed by atoms with Crippen LogP contribution in [-0.2, 0) is 11.3 Å². The Morgan fingerprint density at radius 2 is 2.38 bits per heavy atom. The van der Waals surface area contributed by atoms with Crippen LogP contribution in [0, 0.1) is 12.8 Å². The zero-order valence-corrected chi connectivity index (χ0v) is 14.8. The minimum absolute atomic E-state index is 0.0669. The van der Waals surface area contributed by atoms with E-state index in [1.807, 2.05) is 36.4 Å². The minimum atomic E-state index is 0.0669. The Morgan fingerprint density at radius 1 is 1.50 bits per heavy atom. The number of piperidine rings is 1. The first-order valence-corrected chi connectivity index (χ1v) is 9.42. The summed E-state index contributed by atoms with van der Waals surface area (Å²) < 4.78 is 8.01. The Morgan fingerprint density at radius 3 is 3.12 bits per heavy atom. The van der Waals surface area contributed by atoms with Gasteiger partial charge in [0.15, 0.2) is 0 Å². The van der Waals surface area contributed by atoms with Crippen molar-refractivity contribution < 1.29 is 9.53 Å². The topological polar surface area (TPSA) is 60.2 Å². The fraction of sp³-hybridized carbons (Fsp3) is 0.588. The van der Waals surface area contributed by atoms with Gasteiger partial charge in [0.1, 0.15) is 16.8 Å². The Balaban J connectivity index is 1.47. The van der Waals surface area contributed by atoms with E-state index in [0.717, 1.165) is 30.1 Å². The van der Waals surface area contributed by atoms with Gasteiger partial charge in [-0.1, -0.05) is 0 Å². The zero-order valence-electron chi connectivity index (χ0n) is 14.0. The molecule has 0 bridgehead atoms. The van der Waals surface area contributed by atoms with Crippen LogP contribution in [0.4, 0.5) is 0 Å². The van der Waals surface area contributed by atoms with Crippen molar-refractivity contribution in [1.29, 1.82) is 0 Å². The van der Waals surface area contributed by atoms with E-state index in [4.69, 9.17) is 4.74 Å². The lowest BCUT2D eigenvalue weighted by Crippen LogP contribution is -2.45. The zero-order chi connectivity index (χ0) is 16.7. The van der Waals surface area contributed by atoms with Crippen molar-refractivity contribution in [3.05, 3.63) is 34.0 Å². The molecular formula is C17H22N4O2S. The summed E-state index contributed by atoms with van der Waals surface area (Å²) >= 11 is 1.65. The third kappa shape index (κ3) is 2.75. The van der Waals surface area contributed by atoms with Crippen molar-refractivity contribution >= 4 is 17.2 Å². The van der Waals surface area contributed by atoms with Gasteiger partial charge in [-0.2, -0.15) is 5.10 Å². The fourth-order valence-corrected chi connectivity index (χ4v) is 4.47. The average Bonchev–Trinajstić information content (AvgIpc) is 3.31. The molecule has 7 heteroatoms. The monoisotopic (exact) mass is 346 g/mol. The highest BCUT2D eigenvalue weighted by Gasteiger charge is 2.41. The number of aromatic nitrogens is 3. The van der Waals surface area contributed by atoms with Gasteiger partial charge < -0.3 is 9.64 Å². The highest BCUT2D eigenvalue weighted by molar-refractivity contribution is 7.09. The lowest BCUT2D eigenvalue weighted by atomic mass is 9.91. The van der Waals surface area contributed by atoms with E-state index in [0.29, 0.717) is 24.7 Å². The van der Waals surface area contributed by atoms with Crippen LogP contribution in [0.3, 0.4) is 0 Å². The number of thiazole rings is 1. The quantitative estimate of drug-likeness (QED) is 0.857. The maximum Gasteiger partial charge on any atom is 0.272 e. The molecule has 2 aliphatic heterocycles. The molecule has 0 aliphatic carbocycles. The molecule has 2 aromatic heterocycles. The van der Waals surface area contributed by atoms with Gasteiger partial charge in [-0.15, -0.1) is 11.3 Å². The number of hydrogen-bond donors (Lipinski definition) is 0. The lowest BCUT2D eigenvalue weighted by molar-refractivity contribution is -0.00481. The fourth-order valence-electron chi connectivity index (χ4n) is 3.79. The Labute approximate surface area is 145 Å². The Bertz CT molecular complexity index is 727. The van der Waals surface area contributed by atoms with Gasteiger partial charge in [0.05, 0.1) is 11.8 Å². The first-order chi connectivity index (χ1) is 11.7. The van der Waals surface area contributed by atoms with Crippen LogP contribution in [0.15, 0.2) is 17.6 Å². The van der Waals surface area contributed by atoms with Crippen molar-refractivity contribution in [3.8, 4) is 0 Å². The second-order valence-electron chi connectivity index (χ2n) is 6.56. The number of carbonyl (C=O) groups is 1. The van der Waals surface area contributed by atoms with Gasteiger partial charge in [0.25, 0.3) is 5.91 Å². The molecule has 0 radical (unpaired) electrons. The average molecular weight is 346 g/mol. The van der Waals surface area contributed by atoms with E-state index in [2.05, 4.69) is 10.1 Å². The molecule has 0 N–H and O–H groups in total. The summed E-state index contributed by atoms with van der Waals surface area (Å²) in [6.07, 6.45) is 4.06. The summed E-state index contributed by atoms with van der Waals surface area (Å²) in [5.41, 5.74) is 1.57.